The molecule has 1 saturated heterocycles. The van der Waals surface area contributed by atoms with E-state index < -0.39 is 10.0 Å². The van der Waals surface area contributed by atoms with Crippen LogP contribution in [-0.2, 0) is 21.2 Å². The number of hydrogen-bond acceptors (Lipinski definition) is 4. The van der Waals surface area contributed by atoms with Crippen molar-refractivity contribution in [3.8, 4) is 5.75 Å². The largest absolute Gasteiger partial charge is 0.493 e. The van der Waals surface area contributed by atoms with E-state index in [-0.39, 0.29) is 10.8 Å². The molecule has 0 radical (unpaired) electrons. The zero-order chi connectivity index (χ0) is 20.3. The summed E-state index contributed by atoms with van der Waals surface area (Å²) in [6, 6.07) is 12.4. The van der Waals surface area contributed by atoms with Crippen LogP contribution >= 0.6 is 0 Å². The molecule has 2 aliphatic rings. The number of piperidine rings is 1. The van der Waals surface area contributed by atoms with Crippen LogP contribution in [0.5, 0.6) is 5.75 Å². The Bertz CT molecular complexity index is 1040. The Morgan fingerprint density at radius 2 is 1.86 bits per heavy atom. The number of carbonyl (C=O) groups is 1. The SMILES string of the molecule is O=C(C=Cc1ccc2c(c1)CCO2)Nc1ccccc1S(=O)(=O)N1CCCCC1. The lowest BCUT2D eigenvalue weighted by molar-refractivity contribution is -0.111. The number of amides is 1. The maximum atomic E-state index is 13.0. The van der Waals surface area contributed by atoms with Gasteiger partial charge in [0, 0.05) is 25.6 Å². The first-order valence-electron chi connectivity index (χ1n) is 9.88. The van der Waals surface area contributed by atoms with Gasteiger partial charge in [0.2, 0.25) is 15.9 Å². The second kappa shape index (κ2) is 8.39. The molecule has 1 amide bonds. The Balaban J connectivity index is 1.50. The third-order valence-electron chi connectivity index (χ3n) is 5.22. The monoisotopic (exact) mass is 412 g/mol. The summed E-state index contributed by atoms with van der Waals surface area (Å²) in [5.74, 6) is 0.520. The maximum absolute atomic E-state index is 13.0. The summed E-state index contributed by atoms with van der Waals surface area (Å²) in [6.45, 7) is 1.73. The topological polar surface area (TPSA) is 75.7 Å². The zero-order valence-electron chi connectivity index (χ0n) is 16.1. The number of benzene rings is 2. The molecule has 0 spiro atoms. The van der Waals surface area contributed by atoms with Crippen molar-refractivity contribution in [1.82, 2.24) is 4.31 Å². The van der Waals surface area contributed by atoms with Crippen molar-refractivity contribution in [2.45, 2.75) is 30.6 Å². The van der Waals surface area contributed by atoms with E-state index >= 15 is 0 Å². The molecule has 0 aliphatic carbocycles. The Morgan fingerprint density at radius 1 is 1.07 bits per heavy atom. The van der Waals surface area contributed by atoms with E-state index in [1.165, 1.54) is 10.4 Å². The van der Waals surface area contributed by atoms with Crippen LogP contribution in [0, 0.1) is 0 Å². The number of para-hydroxylation sites is 1. The molecule has 0 bridgehead atoms. The first-order valence-corrected chi connectivity index (χ1v) is 11.3. The Kier molecular flexibility index (Phi) is 5.69. The fourth-order valence-electron chi connectivity index (χ4n) is 3.70. The third kappa shape index (κ3) is 4.36. The minimum absolute atomic E-state index is 0.137. The summed E-state index contributed by atoms with van der Waals surface area (Å²) in [7, 11) is -3.63. The van der Waals surface area contributed by atoms with Gasteiger partial charge in [-0.15, -0.1) is 0 Å². The Labute approximate surface area is 171 Å². The summed E-state index contributed by atoms with van der Waals surface area (Å²) in [4.78, 5) is 12.6. The smallest absolute Gasteiger partial charge is 0.248 e. The van der Waals surface area contributed by atoms with Gasteiger partial charge in [-0.05, 0) is 54.3 Å². The molecule has 1 N–H and O–H groups in total. The fourth-order valence-corrected chi connectivity index (χ4v) is 5.36. The number of rotatable bonds is 5. The van der Waals surface area contributed by atoms with Crippen molar-refractivity contribution in [2.75, 3.05) is 25.0 Å². The molecule has 1 fully saturated rings. The summed E-state index contributed by atoms with van der Waals surface area (Å²) < 4.78 is 33.0. The van der Waals surface area contributed by atoms with Gasteiger partial charge in [-0.2, -0.15) is 4.31 Å². The van der Waals surface area contributed by atoms with Gasteiger partial charge in [0.05, 0.1) is 12.3 Å². The van der Waals surface area contributed by atoms with Gasteiger partial charge in [-0.25, -0.2) is 8.42 Å². The third-order valence-corrected chi connectivity index (χ3v) is 7.18. The van der Waals surface area contributed by atoms with Crippen LogP contribution in [0.15, 0.2) is 53.4 Å². The molecular formula is C22H24N2O4S. The Morgan fingerprint density at radius 3 is 2.69 bits per heavy atom. The molecule has 29 heavy (non-hydrogen) atoms. The van der Waals surface area contributed by atoms with Gasteiger partial charge in [0.1, 0.15) is 10.6 Å². The second-order valence-corrected chi connectivity index (χ2v) is 9.16. The van der Waals surface area contributed by atoms with E-state index in [1.54, 1.807) is 30.3 Å². The van der Waals surface area contributed by atoms with Gasteiger partial charge < -0.3 is 10.1 Å². The maximum Gasteiger partial charge on any atom is 0.248 e. The van der Waals surface area contributed by atoms with Crippen LogP contribution in [0.3, 0.4) is 0 Å². The number of hydrogen-bond donors (Lipinski definition) is 1. The highest BCUT2D eigenvalue weighted by molar-refractivity contribution is 7.89. The van der Waals surface area contributed by atoms with Crippen LogP contribution in [0.1, 0.15) is 30.4 Å². The molecule has 7 heteroatoms. The molecular weight excluding hydrogens is 388 g/mol. The lowest BCUT2D eigenvalue weighted by Crippen LogP contribution is -2.36. The van der Waals surface area contributed by atoms with Crippen LogP contribution in [0.2, 0.25) is 0 Å². The number of nitrogens with one attached hydrogen (secondary N) is 1. The average Bonchev–Trinajstić information content (AvgIpc) is 3.21. The van der Waals surface area contributed by atoms with Crippen LogP contribution in [0.25, 0.3) is 6.08 Å². The number of anilines is 1. The summed E-state index contributed by atoms with van der Waals surface area (Å²) in [6.07, 6.45) is 6.77. The summed E-state index contributed by atoms with van der Waals surface area (Å²) in [5.41, 5.74) is 2.33. The van der Waals surface area contributed by atoms with Crippen molar-refractivity contribution in [2.24, 2.45) is 0 Å². The molecule has 0 atom stereocenters. The van der Waals surface area contributed by atoms with E-state index in [1.807, 2.05) is 18.2 Å². The number of nitrogens with zero attached hydrogens (tertiary/aromatic N) is 1. The average molecular weight is 413 g/mol. The molecule has 2 aliphatic heterocycles. The summed E-state index contributed by atoms with van der Waals surface area (Å²) >= 11 is 0. The molecule has 152 valence electrons. The predicted molar refractivity (Wildman–Crippen MR) is 112 cm³/mol. The standard InChI is InChI=1S/C22H24N2O4S/c25-22(11-9-17-8-10-20-18(16-17)12-15-28-20)23-19-6-2-3-7-21(19)29(26,27)24-13-4-1-5-14-24/h2-3,6-11,16H,1,4-5,12-15H2,(H,23,25). The minimum atomic E-state index is -3.63. The van der Waals surface area contributed by atoms with Gasteiger partial charge in [-0.1, -0.05) is 24.6 Å². The van der Waals surface area contributed by atoms with Crippen molar-refractivity contribution < 1.29 is 17.9 Å². The normalized spacial score (nSPS) is 17.1. The first kappa shape index (κ1) is 19.7. The van der Waals surface area contributed by atoms with E-state index in [4.69, 9.17) is 4.74 Å². The number of carbonyl (C=O) groups excluding carboxylic acids is 1. The van der Waals surface area contributed by atoms with E-state index in [9.17, 15) is 13.2 Å². The second-order valence-electron chi connectivity index (χ2n) is 7.25. The molecule has 6 nitrogen and oxygen atoms in total. The van der Waals surface area contributed by atoms with Gasteiger partial charge in [-0.3, -0.25) is 4.79 Å². The highest BCUT2D eigenvalue weighted by atomic mass is 32.2. The predicted octanol–water partition coefficient (Wildman–Crippen LogP) is 3.45. The highest BCUT2D eigenvalue weighted by Gasteiger charge is 2.28. The van der Waals surface area contributed by atoms with E-state index in [2.05, 4.69) is 5.32 Å². The van der Waals surface area contributed by atoms with Gasteiger partial charge in [0.15, 0.2) is 0 Å². The molecule has 2 aromatic carbocycles. The first-order chi connectivity index (χ1) is 14.0. The number of sulfonamides is 1. The van der Waals surface area contributed by atoms with Crippen molar-refractivity contribution in [3.05, 3.63) is 59.7 Å². The Hall–Kier alpha value is -2.64. The van der Waals surface area contributed by atoms with Gasteiger partial charge in [0.25, 0.3) is 0 Å². The van der Waals surface area contributed by atoms with Crippen molar-refractivity contribution >= 4 is 27.7 Å². The molecule has 0 saturated carbocycles. The van der Waals surface area contributed by atoms with Crippen molar-refractivity contribution in [3.63, 3.8) is 0 Å². The molecule has 2 aromatic rings. The molecule has 0 unspecified atom stereocenters. The minimum Gasteiger partial charge on any atom is -0.493 e. The lowest BCUT2D eigenvalue weighted by Gasteiger charge is -2.26. The number of ether oxygens (including phenoxy) is 1. The fraction of sp³-hybridized carbons (Fsp3) is 0.318. The van der Waals surface area contributed by atoms with Crippen molar-refractivity contribution in [1.29, 1.82) is 0 Å². The quantitative estimate of drug-likeness (QED) is 0.764. The van der Waals surface area contributed by atoms with E-state index in [0.717, 1.165) is 42.6 Å². The molecule has 2 heterocycles. The lowest BCUT2D eigenvalue weighted by atomic mass is 10.1. The van der Waals surface area contributed by atoms with Crippen LogP contribution < -0.4 is 10.1 Å². The highest BCUT2D eigenvalue weighted by Crippen LogP contribution is 2.28. The summed E-state index contributed by atoms with van der Waals surface area (Å²) in [5, 5.41) is 2.72. The van der Waals surface area contributed by atoms with Crippen LogP contribution in [0.4, 0.5) is 5.69 Å². The van der Waals surface area contributed by atoms with E-state index in [0.29, 0.717) is 25.4 Å². The number of fused-ring (bicyclic) bond motifs is 1. The molecule has 4 rings (SSSR count). The molecule has 0 aromatic heterocycles. The van der Waals surface area contributed by atoms with Crippen LogP contribution in [-0.4, -0.2) is 38.3 Å². The van der Waals surface area contributed by atoms with Gasteiger partial charge >= 0.3 is 0 Å². The zero-order valence-corrected chi connectivity index (χ0v) is 17.0.